The van der Waals surface area contributed by atoms with Crippen LogP contribution in [0.15, 0.2) is 5.16 Å². The van der Waals surface area contributed by atoms with Crippen LogP contribution >= 0.6 is 0 Å². The van der Waals surface area contributed by atoms with Crippen LogP contribution in [0.5, 0.6) is 0 Å². The van der Waals surface area contributed by atoms with Crippen LogP contribution in [0.2, 0.25) is 0 Å². The summed E-state index contributed by atoms with van der Waals surface area (Å²) >= 11 is 0. The Kier molecular flexibility index (Phi) is 10.2. The Bertz CT molecular complexity index is 134. The lowest BCUT2D eigenvalue weighted by atomic mass is 10.0. The summed E-state index contributed by atoms with van der Waals surface area (Å²) in [5.41, 5.74) is 0. The SMILES string of the molecule is CCCCCCCCCC(C)C=NO. The van der Waals surface area contributed by atoms with Gasteiger partial charge in [-0.1, -0.05) is 58.8 Å². The number of unbranched alkanes of at least 4 members (excludes halogenated alkanes) is 6. The van der Waals surface area contributed by atoms with Gasteiger partial charge in [-0.3, -0.25) is 0 Å². The minimum Gasteiger partial charge on any atom is -0.411 e. The Balaban J connectivity index is 3.05. The standard InChI is InChI=1S/C12H25NO/c1-3-4-5-6-7-8-9-10-12(2)11-13-14/h11-12,14H,3-10H2,1-2H3. The van der Waals surface area contributed by atoms with Gasteiger partial charge in [-0.2, -0.15) is 0 Å². The van der Waals surface area contributed by atoms with Gasteiger partial charge in [-0.15, -0.1) is 5.16 Å². The highest BCUT2D eigenvalue weighted by Gasteiger charge is 1.97. The summed E-state index contributed by atoms with van der Waals surface area (Å²) in [4.78, 5) is 0. The molecule has 0 spiro atoms. The van der Waals surface area contributed by atoms with E-state index in [1.807, 2.05) is 0 Å². The predicted octanol–water partition coefficient (Wildman–Crippen LogP) is 4.22. The van der Waals surface area contributed by atoms with Crippen molar-refractivity contribution in [3.8, 4) is 0 Å². The lowest BCUT2D eigenvalue weighted by Gasteiger charge is -2.04. The van der Waals surface area contributed by atoms with E-state index in [0.29, 0.717) is 5.92 Å². The van der Waals surface area contributed by atoms with Gasteiger partial charge in [0.05, 0.1) is 0 Å². The fourth-order valence-corrected chi connectivity index (χ4v) is 1.61. The molecule has 0 saturated heterocycles. The third-order valence-electron chi connectivity index (χ3n) is 2.58. The topological polar surface area (TPSA) is 32.6 Å². The molecule has 0 aromatic carbocycles. The molecular weight excluding hydrogens is 174 g/mol. The third-order valence-corrected chi connectivity index (χ3v) is 2.58. The van der Waals surface area contributed by atoms with Crippen molar-refractivity contribution in [3.05, 3.63) is 0 Å². The zero-order valence-electron chi connectivity index (χ0n) is 9.71. The van der Waals surface area contributed by atoms with Crippen molar-refractivity contribution in [2.75, 3.05) is 0 Å². The molecule has 0 aromatic rings. The highest BCUT2D eigenvalue weighted by Crippen LogP contribution is 2.11. The van der Waals surface area contributed by atoms with E-state index in [1.165, 1.54) is 44.9 Å². The maximum atomic E-state index is 8.31. The maximum absolute atomic E-state index is 8.31. The second-order valence-electron chi connectivity index (χ2n) is 4.15. The van der Waals surface area contributed by atoms with Gasteiger partial charge >= 0.3 is 0 Å². The average Bonchev–Trinajstić information content (AvgIpc) is 2.17. The number of rotatable bonds is 9. The fraction of sp³-hybridized carbons (Fsp3) is 0.917. The predicted molar refractivity (Wildman–Crippen MR) is 62.1 cm³/mol. The van der Waals surface area contributed by atoms with Gasteiger partial charge in [-0.25, -0.2) is 0 Å². The van der Waals surface area contributed by atoms with E-state index in [1.54, 1.807) is 6.21 Å². The Morgan fingerprint density at radius 1 is 1.07 bits per heavy atom. The van der Waals surface area contributed by atoms with Crippen molar-refractivity contribution >= 4 is 6.21 Å². The number of oxime groups is 1. The molecule has 0 aromatic heterocycles. The minimum absolute atomic E-state index is 0.427. The quantitative estimate of drug-likeness (QED) is 0.256. The van der Waals surface area contributed by atoms with Crippen molar-refractivity contribution in [1.29, 1.82) is 0 Å². The maximum Gasteiger partial charge on any atom is 0.0464 e. The molecule has 0 saturated carbocycles. The molecule has 0 aliphatic rings. The molecule has 0 heterocycles. The van der Waals surface area contributed by atoms with Crippen molar-refractivity contribution in [2.45, 2.75) is 65.2 Å². The lowest BCUT2D eigenvalue weighted by molar-refractivity contribution is 0.318. The molecule has 1 N–H and O–H groups in total. The van der Waals surface area contributed by atoms with Gasteiger partial charge in [0.2, 0.25) is 0 Å². The van der Waals surface area contributed by atoms with Gasteiger partial charge in [0.15, 0.2) is 0 Å². The first-order valence-electron chi connectivity index (χ1n) is 5.98. The second-order valence-corrected chi connectivity index (χ2v) is 4.15. The summed E-state index contributed by atoms with van der Waals surface area (Å²) in [6.45, 7) is 4.34. The molecule has 1 atom stereocenters. The number of hydrogen-bond donors (Lipinski definition) is 1. The molecule has 0 fully saturated rings. The molecule has 0 rings (SSSR count). The monoisotopic (exact) mass is 199 g/mol. The van der Waals surface area contributed by atoms with Gasteiger partial charge in [-0.05, 0) is 12.3 Å². The summed E-state index contributed by atoms with van der Waals surface area (Å²) in [6, 6.07) is 0. The van der Waals surface area contributed by atoms with Crippen LogP contribution in [0, 0.1) is 5.92 Å². The molecule has 2 heteroatoms. The Morgan fingerprint density at radius 3 is 2.21 bits per heavy atom. The van der Waals surface area contributed by atoms with Gasteiger partial charge in [0, 0.05) is 6.21 Å². The van der Waals surface area contributed by atoms with E-state index >= 15 is 0 Å². The van der Waals surface area contributed by atoms with E-state index in [9.17, 15) is 0 Å². The van der Waals surface area contributed by atoms with Crippen molar-refractivity contribution in [2.24, 2.45) is 11.1 Å². The smallest absolute Gasteiger partial charge is 0.0464 e. The lowest BCUT2D eigenvalue weighted by Crippen LogP contribution is -1.95. The van der Waals surface area contributed by atoms with Crippen LogP contribution in [0.25, 0.3) is 0 Å². The molecule has 0 radical (unpaired) electrons. The van der Waals surface area contributed by atoms with E-state index in [4.69, 9.17) is 5.21 Å². The van der Waals surface area contributed by atoms with Crippen LogP contribution in [-0.2, 0) is 0 Å². The molecule has 0 amide bonds. The van der Waals surface area contributed by atoms with Crippen molar-refractivity contribution in [3.63, 3.8) is 0 Å². The zero-order chi connectivity index (χ0) is 10.6. The molecule has 0 bridgehead atoms. The molecular formula is C12H25NO. The highest BCUT2D eigenvalue weighted by molar-refractivity contribution is 5.58. The summed E-state index contributed by atoms with van der Waals surface area (Å²) in [5.74, 6) is 0.427. The number of nitrogens with zero attached hydrogens (tertiary/aromatic N) is 1. The van der Waals surface area contributed by atoms with Gasteiger partial charge in [0.1, 0.15) is 0 Å². The van der Waals surface area contributed by atoms with Crippen molar-refractivity contribution in [1.82, 2.24) is 0 Å². The molecule has 2 nitrogen and oxygen atoms in total. The molecule has 14 heavy (non-hydrogen) atoms. The van der Waals surface area contributed by atoms with E-state index in [-0.39, 0.29) is 0 Å². The Morgan fingerprint density at radius 2 is 1.64 bits per heavy atom. The van der Waals surface area contributed by atoms with Crippen LogP contribution < -0.4 is 0 Å². The minimum atomic E-state index is 0.427. The van der Waals surface area contributed by atoms with Crippen LogP contribution in [-0.4, -0.2) is 11.4 Å². The first-order valence-corrected chi connectivity index (χ1v) is 5.98. The molecule has 0 aliphatic heterocycles. The Labute approximate surface area is 88.4 Å². The van der Waals surface area contributed by atoms with E-state index in [2.05, 4.69) is 19.0 Å². The largest absolute Gasteiger partial charge is 0.411 e. The van der Waals surface area contributed by atoms with E-state index < -0.39 is 0 Å². The average molecular weight is 199 g/mol. The number of hydrogen-bond acceptors (Lipinski definition) is 2. The van der Waals surface area contributed by atoms with E-state index in [0.717, 1.165) is 6.42 Å². The Hall–Kier alpha value is -0.530. The van der Waals surface area contributed by atoms with Crippen LogP contribution in [0.1, 0.15) is 65.2 Å². The molecule has 84 valence electrons. The summed E-state index contributed by atoms with van der Waals surface area (Å²) < 4.78 is 0. The summed E-state index contributed by atoms with van der Waals surface area (Å²) in [7, 11) is 0. The van der Waals surface area contributed by atoms with Gasteiger partial charge < -0.3 is 5.21 Å². The first kappa shape index (κ1) is 13.5. The highest BCUT2D eigenvalue weighted by atomic mass is 16.4. The first-order chi connectivity index (χ1) is 6.81. The zero-order valence-corrected chi connectivity index (χ0v) is 9.71. The molecule has 1 unspecified atom stereocenters. The van der Waals surface area contributed by atoms with Gasteiger partial charge in [0.25, 0.3) is 0 Å². The normalized spacial score (nSPS) is 13.6. The van der Waals surface area contributed by atoms with Crippen LogP contribution in [0.3, 0.4) is 0 Å². The summed E-state index contributed by atoms with van der Waals surface area (Å²) in [5, 5.41) is 11.4. The summed E-state index contributed by atoms with van der Waals surface area (Å²) in [6.07, 6.45) is 12.2. The van der Waals surface area contributed by atoms with Crippen LogP contribution in [0.4, 0.5) is 0 Å². The molecule has 0 aliphatic carbocycles. The van der Waals surface area contributed by atoms with Crippen molar-refractivity contribution < 1.29 is 5.21 Å². The second kappa shape index (κ2) is 10.6. The fourth-order valence-electron chi connectivity index (χ4n) is 1.61. The third kappa shape index (κ3) is 9.56.